The first kappa shape index (κ1) is 20.2. The van der Waals surface area contributed by atoms with E-state index in [1.807, 2.05) is 38.1 Å². The molecular weight excluding hydrogens is 420 g/mol. The lowest BCUT2D eigenvalue weighted by atomic mass is 10.1. The SMILES string of the molecule is CC(=O)c1csc(NC(=O)c2ccccc2CSc2nc3nc(C)cc(C)n3n2)n1. The summed E-state index contributed by atoms with van der Waals surface area (Å²) in [6, 6.07) is 9.30. The lowest BCUT2D eigenvalue weighted by Crippen LogP contribution is -2.14. The van der Waals surface area contributed by atoms with E-state index in [1.54, 1.807) is 16.0 Å². The van der Waals surface area contributed by atoms with Crippen LogP contribution in [-0.2, 0) is 5.75 Å². The number of anilines is 1. The molecule has 1 amide bonds. The molecule has 0 radical (unpaired) electrons. The summed E-state index contributed by atoms with van der Waals surface area (Å²) in [7, 11) is 0. The van der Waals surface area contributed by atoms with Gasteiger partial charge < -0.3 is 0 Å². The number of carbonyl (C=O) groups is 2. The molecule has 4 aromatic rings. The van der Waals surface area contributed by atoms with Crippen LogP contribution in [0.15, 0.2) is 40.9 Å². The maximum absolute atomic E-state index is 12.8. The third-order valence-electron chi connectivity index (χ3n) is 4.30. The number of thioether (sulfide) groups is 1. The Morgan fingerprint density at radius 3 is 2.73 bits per heavy atom. The molecule has 4 rings (SSSR count). The molecule has 3 heterocycles. The zero-order chi connectivity index (χ0) is 21.3. The molecule has 0 aliphatic rings. The molecule has 0 saturated heterocycles. The van der Waals surface area contributed by atoms with Gasteiger partial charge >= 0.3 is 0 Å². The van der Waals surface area contributed by atoms with Crippen molar-refractivity contribution < 1.29 is 9.59 Å². The van der Waals surface area contributed by atoms with Crippen LogP contribution in [0, 0.1) is 13.8 Å². The van der Waals surface area contributed by atoms with E-state index in [2.05, 4.69) is 25.4 Å². The highest BCUT2D eigenvalue weighted by atomic mass is 32.2. The monoisotopic (exact) mass is 438 g/mol. The highest BCUT2D eigenvalue weighted by molar-refractivity contribution is 7.98. The van der Waals surface area contributed by atoms with E-state index in [1.165, 1.54) is 30.0 Å². The number of amides is 1. The fourth-order valence-electron chi connectivity index (χ4n) is 2.88. The van der Waals surface area contributed by atoms with E-state index in [0.717, 1.165) is 17.0 Å². The largest absolute Gasteiger partial charge is 0.298 e. The van der Waals surface area contributed by atoms with Gasteiger partial charge in [-0.25, -0.2) is 14.5 Å². The molecular formula is C20H18N6O2S2. The predicted molar refractivity (Wildman–Crippen MR) is 116 cm³/mol. The van der Waals surface area contributed by atoms with Crippen molar-refractivity contribution >= 4 is 45.7 Å². The number of aryl methyl sites for hydroxylation is 2. The summed E-state index contributed by atoms with van der Waals surface area (Å²) in [5, 5.41) is 9.89. The second-order valence-electron chi connectivity index (χ2n) is 6.64. The molecule has 0 aliphatic heterocycles. The quantitative estimate of drug-likeness (QED) is 0.359. The Hall–Kier alpha value is -3.11. The van der Waals surface area contributed by atoms with Crippen LogP contribution < -0.4 is 5.32 Å². The van der Waals surface area contributed by atoms with Gasteiger partial charge in [-0.05, 0) is 31.5 Å². The number of rotatable bonds is 6. The van der Waals surface area contributed by atoms with E-state index in [9.17, 15) is 9.59 Å². The predicted octanol–water partition coefficient (Wildman–Crippen LogP) is 3.94. The Morgan fingerprint density at radius 1 is 1.17 bits per heavy atom. The Kier molecular flexibility index (Phi) is 5.60. The number of fused-ring (bicyclic) bond motifs is 1. The number of ketones is 1. The molecule has 10 heteroatoms. The Labute approximate surface area is 180 Å². The van der Waals surface area contributed by atoms with Gasteiger partial charge in [0, 0.05) is 35.0 Å². The Balaban J connectivity index is 1.51. The van der Waals surface area contributed by atoms with Crippen LogP contribution in [0.25, 0.3) is 5.78 Å². The molecule has 0 spiro atoms. The van der Waals surface area contributed by atoms with Gasteiger partial charge in [-0.3, -0.25) is 14.9 Å². The van der Waals surface area contributed by atoms with Crippen LogP contribution in [-0.4, -0.2) is 36.3 Å². The van der Waals surface area contributed by atoms with Gasteiger partial charge in [-0.1, -0.05) is 30.0 Å². The van der Waals surface area contributed by atoms with Gasteiger partial charge in [0.25, 0.3) is 11.7 Å². The van der Waals surface area contributed by atoms with E-state index < -0.39 is 0 Å². The summed E-state index contributed by atoms with van der Waals surface area (Å²) in [6.07, 6.45) is 0. The number of Topliss-reactive ketones (excluding diaryl/α,β-unsaturated/α-hetero) is 1. The molecule has 0 unspecified atom stereocenters. The second-order valence-corrected chi connectivity index (χ2v) is 8.44. The maximum atomic E-state index is 12.8. The van der Waals surface area contributed by atoms with E-state index >= 15 is 0 Å². The van der Waals surface area contributed by atoms with Crippen molar-refractivity contribution in [3.8, 4) is 0 Å². The number of benzene rings is 1. The van der Waals surface area contributed by atoms with E-state index in [-0.39, 0.29) is 11.7 Å². The lowest BCUT2D eigenvalue weighted by molar-refractivity contribution is 0.100. The summed E-state index contributed by atoms with van der Waals surface area (Å²) >= 11 is 2.66. The van der Waals surface area contributed by atoms with Crippen LogP contribution in [0.5, 0.6) is 0 Å². The van der Waals surface area contributed by atoms with Crippen molar-refractivity contribution in [2.45, 2.75) is 31.7 Å². The smallest absolute Gasteiger partial charge is 0.257 e. The summed E-state index contributed by atoms with van der Waals surface area (Å²) < 4.78 is 1.71. The van der Waals surface area contributed by atoms with Crippen molar-refractivity contribution in [2.75, 3.05) is 5.32 Å². The van der Waals surface area contributed by atoms with E-state index in [4.69, 9.17) is 0 Å². The van der Waals surface area contributed by atoms with Crippen molar-refractivity contribution in [1.82, 2.24) is 24.6 Å². The molecule has 0 aliphatic carbocycles. The molecule has 0 fully saturated rings. The molecule has 1 aromatic carbocycles. The summed E-state index contributed by atoms with van der Waals surface area (Å²) in [5.74, 6) is 0.677. The van der Waals surface area contributed by atoms with Crippen molar-refractivity contribution in [3.63, 3.8) is 0 Å². The first-order chi connectivity index (χ1) is 14.4. The van der Waals surface area contributed by atoms with Crippen LogP contribution in [0.4, 0.5) is 5.13 Å². The first-order valence-corrected chi connectivity index (χ1v) is 11.0. The Bertz CT molecular complexity index is 1260. The zero-order valence-corrected chi connectivity index (χ0v) is 18.2. The Morgan fingerprint density at radius 2 is 1.97 bits per heavy atom. The molecule has 8 nitrogen and oxygen atoms in total. The standard InChI is InChI=1S/C20H18N6O2S2/c1-11-8-12(2)26-18(21-11)24-20(25-26)29-9-14-6-4-5-7-15(14)17(28)23-19-22-16(10-30-19)13(3)27/h4-8,10H,9H2,1-3H3,(H,22,23,28). The highest BCUT2D eigenvalue weighted by Crippen LogP contribution is 2.24. The van der Waals surface area contributed by atoms with Crippen molar-refractivity contribution in [1.29, 1.82) is 0 Å². The minimum atomic E-state index is -0.272. The number of nitrogens with one attached hydrogen (secondary N) is 1. The molecule has 152 valence electrons. The third-order valence-corrected chi connectivity index (χ3v) is 5.95. The second kappa shape index (κ2) is 8.33. The minimum Gasteiger partial charge on any atom is -0.298 e. The van der Waals surface area contributed by atoms with Gasteiger partial charge in [0.2, 0.25) is 5.16 Å². The van der Waals surface area contributed by atoms with Gasteiger partial charge in [-0.2, -0.15) is 4.98 Å². The maximum Gasteiger partial charge on any atom is 0.257 e. The van der Waals surface area contributed by atoms with Crippen LogP contribution >= 0.6 is 23.1 Å². The van der Waals surface area contributed by atoms with Crippen LogP contribution in [0.3, 0.4) is 0 Å². The number of thiazole rings is 1. The van der Waals surface area contributed by atoms with Gasteiger partial charge in [0.05, 0.1) is 0 Å². The summed E-state index contributed by atoms with van der Waals surface area (Å²) in [4.78, 5) is 37.2. The van der Waals surface area contributed by atoms with Crippen molar-refractivity contribution in [3.05, 3.63) is 63.9 Å². The van der Waals surface area contributed by atoms with Crippen LogP contribution in [0.2, 0.25) is 0 Å². The third kappa shape index (κ3) is 4.24. The number of hydrogen-bond donors (Lipinski definition) is 1. The minimum absolute atomic E-state index is 0.136. The number of carbonyl (C=O) groups excluding carboxylic acids is 2. The number of aromatic nitrogens is 5. The van der Waals surface area contributed by atoms with Gasteiger partial charge in [0.1, 0.15) is 5.69 Å². The topological polar surface area (TPSA) is 102 Å². The molecule has 3 aromatic heterocycles. The molecule has 1 N–H and O–H groups in total. The van der Waals surface area contributed by atoms with E-state index in [0.29, 0.717) is 33.1 Å². The average Bonchev–Trinajstić information content (AvgIpc) is 3.33. The molecule has 0 atom stereocenters. The number of hydrogen-bond acceptors (Lipinski definition) is 8. The lowest BCUT2D eigenvalue weighted by Gasteiger charge is -2.07. The summed E-state index contributed by atoms with van der Waals surface area (Å²) in [5.41, 5.74) is 3.59. The number of nitrogens with zero attached hydrogens (tertiary/aromatic N) is 5. The summed E-state index contributed by atoms with van der Waals surface area (Å²) in [6.45, 7) is 5.32. The first-order valence-electron chi connectivity index (χ1n) is 9.10. The average molecular weight is 439 g/mol. The molecule has 0 saturated carbocycles. The highest BCUT2D eigenvalue weighted by Gasteiger charge is 2.15. The van der Waals surface area contributed by atoms with Gasteiger partial charge in [0.15, 0.2) is 10.9 Å². The zero-order valence-electron chi connectivity index (χ0n) is 16.5. The van der Waals surface area contributed by atoms with Gasteiger partial charge in [-0.15, -0.1) is 16.4 Å². The molecule has 0 bridgehead atoms. The van der Waals surface area contributed by atoms with Crippen LogP contribution in [0.1, 0.15) is 44.7 Å². The fraction of sp³-hybridized carbons (Fsp3) is 0.200. The molecule has 30 heavy (non-hydrogen) atoms. The van der Waals surface area contributed by atoms with Crippen molar-refractivity contribution in [2.24, 2.45) is 0 Å². The normalized spacial score (nSPS) is 11.0. The fourth-order valence-corrected chi connectivity index (χ4v) is 4.44.